The number of β-amino-alcohol motifs (C(OH)–C–C–N with tert-alkyl or cyclic N) is 1. The summed E-state index contributed by atoms with van der Waals surface area (Å²) in [4.78, 5) is 26.8. The third kappa shape index (κ3) is 7.50. The average molecular weight is 589 g/mol. The summed E-state index contributed by atoms with van der Waals surface area (Å²) in [6.07, 6.45) is -1.17. The molecule has 1 heterocycles. The maximum Gasteiger partial charge on any atom is 0.263 e. The van der Waals surface area contributed by atoms with E-state index in [0.29, 0.717) is 29.5 Å². The molecule has 0 bridgehead atoms. The second-order valence-electron chi connectivity index (χ2n) is 9.09. The summed E-state index contributed by atoms with van der Waals surface area (Å²) in [6.45, 7) is 0.530. The van der Waals surface area contributed by atoms with E-state index in [4.69, 9.17) is 42.1 Å². The zero-order valence-corrected chi connectivity index (χ0v) is 23.6. The lowest BCUT2D eigenvalue weighted by Crippen LogP contribution is -2.39. The molecule has 0 aromatic heterocycles. The molecule has 9 nitrogen and oxygen atoms in total. The second-order valence-corrected chi connectivity index (χ2v) is 9.94. The molecular formula is C29H30Cl2N2O7. The smallest absolute Gasteiger partial charge is 0.263 e. The van der Waals surface area contributed by atoms with Gasteiger partial charge in [-0.15, -0.1) is 0 Å². The number of hydrogen-bond donors (Lipinski definition) is 2. The number of rotatable bonds is 12. The van der Waals surface area contributed by atoms with Gasteiger partial charge in [-0.25, -0.2) is 0 Å². The summed E-state index contributed by atoms with van der Waals surface area (Å²) in [5, 5.41) is 14.0. The van der Waals surface area contributed by atoms with E-state index in [0.717, 1.165) is 11.3 Å². The standard InChI is InChI=1S/C29H30Cl2N2O7/c1-32-28(35)23-13-24(31)27(38-16-18-3-7-21(37-2)8-4-18)14-26(23)39-17-20(34)15-33-12-11-25(29(33)36)40-22-9-5-19(30)6-10-22/h3-10,13-14,20,25,34H,11-12,15-17H2,1-2H3,(H,32,35)/t20-,25?/m0/s1. The van der Waals surface area contributed by atoms with Gasteiger partial charge in [0.25, 0.3) is 11.8 Å². The number of benzene rings is 3. The summed E-state index contributed by atoms with van der Waals surface area (Å²) in [5.41, 5.74) is 1.07. The van der Waals surface area contributed by atoms with E-state index in [1.807, 2.05) is 24.3 Å². The van der Waals surface area contributed by atoms with Gasteiger partial charge in [0.05, 0.1) is 24.2 Å². The van der Waals surface area contributed by atoms with Crippen molar-refractivity contribution in [3.05, 3.63) is 81.8 Å². The molecule has 3 aromatic rings. The van der Waals surface area contributed by atoms with Gasteiger partial charge in [-0.3, -0.25) is 9.59 Å². The lowest BCUT2D eigenvalue weighted by molar-refractivity contribution is -0.134. The van der Waals surface area contributed by atoms with Crippen LogP contribution in [0.3, 0.4) is 0 Å². The minimum Gasteiger partial charge on any atom is -0.497 e. The Hall–Kier alpha value is -3.66. The van der Waals surface area contributed by atoms with Gasteiger partial charge in [-0.1, -0.05) is 35.3 Å². The lowest BCUT2D eigenvalue weighted by Gasteiger charge is -2.22. The van der Waals surface area contributed by atoms with Crippen LogP contribution in [-0.2, 0) is 11.4 Å². The predicted molar refractivity (Wildman–Crippen MR) is 151 cm³/mol. The Bertz CT molecular complexity index is 1320. The molecule has 4 rings (SSSR count). The Morgan fingerprint density at radius 2 is 1.75 bits per heavy atom. The predicted octanol–water partition coefficient (Wildman–Crippen LogP) is 4.36. The number of ether oxygens (including phenoxy) is 4. The first-order valence-electron chi connectivity index (χ1n) is 12.6. The Kier molecular flexibility index (Phi) is 9.98. The van der Waals surface area contributed by atoms with E-state index in [-0.39, 0.29) is 42.0 Å². The molecule has 1 aliphatic rings. The van der Waals surface area contributed by atoms with Crippen LogP contribution in [-0.4, -0.2) is 67.9 Å². The third-order valence-corrected chi connectivity index (χ3v) is 6.81. The highest BCUT2D eigenvalue weighted by atomic mass is 35.5. The fraction of sp³-hybridized carbons (Fsp3) is 0.310. The molecule has 40 heavy (non-hydrogen) atoms. The van der Waals surface area contributed by atoms with E-state index in [9.17, 15) is 14.7 Å². The van der Waals surface area contributed by atoms with Crippen LogP contribution in [0, 0.1) is 0 Å². The van der Waals surface area contributed by atoms with Gasteiger partial charge in [-0.2, -0.15) is 0 Å². The number of nitrogens with zero attached hydrogens (tertiary/aromatic N) is 1. The number of hydrogen-bond acceptors (Lipinski definition) is 7. The number of aliphatic hydroxyl groups excluding tert-OH is 1. The van der Waals surface area contributed by atoms with Gasteiger partial charge >= 0.3 is 0 Å². The van der Waals surface area contributed by atoms with Crippen molar-refractivity contribution in [2.24, 2.45) is 0 Å². The van der Waals surface area contributed by atoms with Gasteiger partial charge in [0.15, 0.2) is 6.10 Å². The molecule has 0 aliphatic carbocycles. The highest BCUT2D eigenvalue weighted by Gasteiger charge is 2.34. The van der Waals surface area contributed by atoms with Crippen LogP contribution in [0.15, 0.2) is 60.7 Å². The monoisotopic (exact) mass is 588 g/mol. The minimum absolute atomic E-state index is 0.0447. The minimum atomic E-state index is -1.02. The van der Waals surface area contributed by atoms with Crippen LogP contribution in [0.4, 0.5) is 0 Å². The second kappa shape index (κ2) is 13.6. The van der Waals surface area contributed by atoms with Crippen molar-refractivity contribution >= 4 is 35.0 Å². The molecular weight excluding hydrogens is 559 g/mol. The van der Waals surface area contributed by atoms with E-state index in [1.54, 1.807) is 31.4 Å². The SMILES string of the molecule is CNC(=O)c1cc(Cl)c(OCc2ccc(OC)cc2)cc1OC[C@@H](O)CN1CCC(Oc2ccc(Cl)cc2)C1=O. The lowest BCUT2D eigenvalue weighted by atomic mass is 10.1. The number of likely N-dealkylation sites (tertiary alicyclic amines) is 1. The average Bonchev–Trinajstić information content (AvgIpc) is 3.30. The zero-order valence-electron chi connectivity index (χ0n) is 22.1. The largest absolute Gasteiger partial charge is 0.497 e. The van der Waals surface area contributed by atoms with Crippen molar-refractivity contribution < 1.29 is 33.6 Å². The van der Waals surface area contributed by atoms with E-state index in [2.05, 4.69) is 5.32 Å². The van der Waals surface area contributed by atoms with Gasteiger partial charge in [0.2, 0.25) is 0 Å². The summed E-state index contributed by atoms with van der Waals surface area (Å²) in [7, 11) is 3.08. The van der Waals surface area contributed by atoms with Crippen molar-refractivity contribution in [2.75, 3.05) is 33.9 Å². The fourth-order valence-corrected chi connectivity index (χ4v) is 4.48. The summed E-state index contributed by atoms with van der Waals surface area (Å²) >= 11 is 12.3. The Labute approximate surface area is 242 Å². The van der Waals surface area contributed by atoms with Crippen LogP contribution in [0.25, 0.3) is 0 Å². The molecule has 2 amide bonds. The molecule has 2 N–H and O–H groups in total. The van der Waals surface area contributed by atoms with Crippen molar-refractivity contribution in [1.82, 2.24) is 10.2 Å². The molecule has 1 saturated heterocycles. The van der Waals surface area contributed by atoms with Gasteiger partial charge in [-0.05, 0) is 48.0 Å². The van der Waals surface area contributed by atoms with Crippen LogP contribution >= 0.6 is 23.2 Å². The first kappa shape index (κ1) is 29.3. The molecule has 1 unspecified atom stereocenters. The fourth-order valence-electron chi connectivity index (χ4n) is 4.13. The highest BCUT2D eigenvalue weighted by Crippen LogP contribution is 2.34. The number of carbonyl (C=O) groups is 2. The van der Waals surface area contributed by atoms with Crippen molar-refractivity contribution in [3.63, 3.8) is 0 Å². The van der Waals surface area contributed by atoms with Crippen LogP contribution in [0.5, 0.6) is 23.0 Å². The van der Waals surface area contributed by atoms with Crippen molar-refractivity contribution in [2.45, 2.75) is 25.2 Å². The van der Waals surface area contributed by atoms with Gasteiger partial charge < -0.3 is 34.3 Å². The molecule has 11 heteroatoms. The summed E-state index contributed by atoms with van der Waals surface area (Å²) in [6, 6.07) is 17.1. The molecule has 2 atom stereocenters. The summed E-state index contributed by atoms with van der Waals surface area (Å²) in [5.74, 6) is 1.13. The van der Waals surface area contributed by atoms with Crippen molar-refractivity contribution in [3.8, 4) is 23.0 Å². The third-order valence-electron chi connectivity index (χ3n) is 6.26. The summed E-state index contributed by atoms with van der Waals surface area (Å²) < 4.78 is 22.7. The van der Waals surface area contributed by atoms with E-state index >= 15 is 0 Å². The number of amides is 2. The van der Waals surface area contributed by atoms with Crippen LogP contribution in [0.2, 0.25) is 10.0 Å². The molecule has 0 spiro atoms. The Balaban J connectivity index is 1.37. The first-order chi connectivity index (χ1) is 19.3. The van der Waals surface area contributed by atoms with Gasteiger partial charge in [0, 0.05) is 31.1 Å². The molecule has 0 saturated carbocycles. The molecule has 1 aliphatic heterocycles. The highest BCUT2D eigenvalue weighted by molar-refractivity contribution is 6.32. The number of carbonyl (C=O) groups excluding carboxylic acids is 2. The molecule has 212 valence electrons. The van der Waals surface area contributed by atoms with E-state index in [1.165, 1.54) is 24.1 Å². The van der Waals surface area contributed by atoms with E-state index < -0.39 is 18.1 Å². The Morgan fingerprint density at radius 1 is 1.05 bits per heavy atom. The molecule has 3 aromatic carbocycles. The normalized spacial score (nSPS) is 15.5. The Morgan fingerprint density at radius 3 is 2.42 bits per heavy atom. The number of nitrogens with one attached hydrogen (secondary N) is 1. The zero-order chi connectivity index (χ0) is 28.6. The maximum absolute atomic E-state index is 12.8. The molecule has 0 radical (unpaired) electrons. The number of halogens is 2. The number of methoxy groups -OCH3 is 1. The molecule has 1 fully saturated rings. The first-order valence-corrected chi connectivity index (χ1v) is 13.4. The quantitative estimate of drug-likeness (QED) is 0.324. The number of aliphatic hydroxyl groups is 1. The van der Waals surface area contributed by atoms with Crippen LogP contribution < -0.4 is 24.3 Å². The van der Waals surface area contributed by atoms with Crippen LogP contribution in [0.1, 0.15) is 22.3 Å². The van der Waals surface area contributed by atoms with Crippen molar-refractivity contribution in [1.29, 1.82) is 0 Å². The maximum atomic E-state index is 12.8. The van der Waals surface area contributed by atoms with Gasteiger partial charge in [0.1, 0.15) is 42.3 Å². The topological polar surface area (TPSA) is 107 Å².